The van der Waals surface area contributed by atoms with Crippen LogP contribution in [0.3, 0.4) is 0 Å². The fourth-order valence-electron chi connectivity index (χ4n) is 7.55. The normalized spacial score (nSPS) is 17.8. The highest BCUT2D eigenvalue weighted by Gasteiger charge is 2.44. The lowest BCUT2D eigenvalue weighted by atomic mass is 10.00. The third-order valence-corrected chi connectivity index (χ3v) is 12.3. The van der Waals surface area contributed by atoms with E-state index in [1.807, 2.05) is 4.72 Å². The molecule has 2 aromatic heterocycles. The Labute approximate surface area is 364 Å². The Bertz CT molecular complexity index is 2770. The highest BCUT2D eigenvalue weighted by atomic mass is 32.2. The number of amides is 3. The van der Waals surface area contributed by atoms with Gasteiger partial charge in [-0.2, -0.15) is 12.7 Å². The van der Waals surface area contributed by atoms with E-state index in [4.69, 9.17) is 18.9 Å². The van der Waals surface area contributed by atoms with E-state index in [1.165, 1.54) is 18.3 Å². The van der Waals surface area contributed by atoms with E-state index in [9.17, 15) is 32.0 Å². The topological polar surface area (TPSA) is 199 Å². The van der Waals surface area contributed by atoms with Crippen molar-refractivity contribution < 1.29 is 59.7 Å². The Hall–Kier alpha value is -6.61. The summed E-state index contributed by atoms with van der Waals surface area (Å²) in [6.45, 7) is 4.73. The minimum absolute atomic E-state index is 0.0119. The van der Waals surface area contributed by atoms with Crippen LogP contribution in [0, 0.1) is 11.6 Å². The van der Waals surface area contributed by atoms with Gasteiger partial charge in [0.2, 0.25) is 11.7 Å². The Morgan fingerprint density at radius 2 is 1.55 bits per heavy atom. The molecular formula is C44H41F3N6O10S. The van der Waals surface area contributed by atoms with Crippen molar-refractivity contribution in [3.05, 3.63) is 119 Å². The van der Waals surface area contributed by atoms with Gasteiger partial charge in [-0.3, -0.25) is 28.8 Å². The van der Waals surface area contributed by atoms with Crippen LogP contribution in [0.4, 0.5) is 18.9 Å². The number of rotatable bonds is 18. The monoisotopic (exact) mass is 902 g/mol. The average molecular weight is 903 g/mol. The number of hydrogen-bond donors (Lipinski definition) is 3. The highest BCUT2D eigenvalue weighted by molar-refractivity contribution is 7.90. The molecule has 2 atom stereocenters. The predicted octanol–water partition coefficient (Wildman–Crippen LogP) is 5.32. The number of nitrogens with one attached hydrogen (secondary N) is 3. The average Bonchev–Trinajstić information content (AvgIpc) is 3.98. The van der Waals surface area contributed by atoms with E-state index in [2.05, 4.69) is 21.9 Å². The van der Waals surface area contributed by atoms with Gasteiger partial charge < -0.3 is 29.2 Å². The molecular weight excluding hydrogens is 862 g/mol. The van der Waals surface area contributed by atoms with Crippen LogP contribution >= 0.6 is 0 Å². The van der Waals surface area contributed by atoms with Crippen LogP contribution in [0.2, 0.25) is 0 Å². The number of ether oxygens (including phenoxy) is 4. The van der Waals surface area contributed by atoms with Crippen molar-refractivity contribution in [2.45, 2.75) is 31.5 Å². The molecule has 8 rings (SSSR count). The maximum Gasteiger partial charge on any atom is 0.301 e. The minimum atomic E-state index is -4.37. The number of allylic oxidation sites excluding steroid dienone is 1. The van der Waals surface area contributed by atoms with Gasteiger partial charge in [-0.15, -0.1) is 0 Å². The lowest BCUT2D eigenvalue weighted by Crippen LogP contribution is -2.51. The molecule has 334 valence electrons. The predicted molar refractivity (Wildman–Crippen MR) is 225 cm³/mol. The first-order chi connectivity index (χ1) is 30.8. The zero-order chi connectivity index (χ0) is 45.1. The molecule has 5 aromatic rings. The van der Waals surface area contributed by atoms with Crippen LogP contribution in [-0.2, 0) is 24.5 Å². The summed E-state index contributed by atoms with van der Waals surface area (Å²) >= 11 is 0. The molecule has 0 aliphatic carbocycles. The van der Waals surface area contributed by atoms with Crippen molar-refractivity contribution in [2.75, 3.05) is 57.5 Å². The number of carbonyl (C=O) groups is 4. The molecule has 2 fully saturated rings. The molecule has 0 saturated carbocycles. The molecule has 1 unspecified atom stereocenters. The molecule has 2 saturated heterocycles. The molecule has 5 heterocycles. The van der Waals surface area contributed by atoms with E-state index in [1.54, 1.807) is 42.6 Å². The Kier molecular flexibility index (Phi) is 12.8. The molecule has 3 aromatic carbocycles. The largest absolute Gasteiger partial charge is 0.491 e. The number of carbonyl (C=O) groups excluding carboxylic acids is 4. The smallest absolute Gasteiger partial charge is 0.301 e. The molecule has 0 radical (unpaired) electrons. The third kappa shape index (κ3) is 9.21. The number of imide groups is 1. The summed E-state index contributed by atoms with van der Waals surface area (Å²) in [7, 11) is -4.37. The number of aromatic nitrogens is 2. The summed E-state index contributed by atoms with van der Waals surface area (Å²) in [5, 5.41) is 2.88. The van der Waals surface area contributed by atoms with Gasteiger partial charge in [0.1, 0.15) is 48.4 Å². The van der Waals surface area contributed by atoms with Crippen LogP contribution in [0.1, 0.15) is 55.9 Å². The van der Waals surface area contributed by atoms with Crippen molar-refractivity contribution in [1.29, 1.82) is 0 Å². The van der Waals surface area contributed by atoms with E-state index in [0.717, 1.165) is 21.3 Å². The summed E-state index contributed by atoms with van der Waals surface area (Å²) in [5.74, 6) is -4.22. The molecule has 16 nitrogen and oxygen atoms in total. The van der Waals surface area contributed by atoms with Gasteiger partial charge in [0.25, 0.3) is 11.8 Å². The number of hydrogen-bond acceptors (Lipinski definition) is 11. The number of piperidine rings is 1. The van der Waals surface area contributed by atoms with Gasteiger partial charge in [-0.1, -0.05) is 18.7 Å². The highest BCUT2D eigenvalue weighted by Crippen LogP contribution is 2.33. The van der Waals surface area contributed by atoms with Crippen LogP contribution in [0.25, 0.3) is 22.2 Å². The van der Waals surface area contributed by atoms with Crippen molar-refractivity contribution in [3.63, 3.8) is 0 Å². The van der Waals surface area contributed by atoms with Gasteiger partial charge in [0.15, 0.2) is 5.82 Å². The van der Waals surface area contributed by atoms with Gasteiger partial charge in [0.05, 0.1) is 48.8 Å². The van der Waals surface area contributed by atoms with Crippen molar-refractivity contribution in [3.8, 4) is 22.6 Å². The van der Waals surface area contributed by atoms with E-state index < -0.39 is 75.4 Å². The first kappa shape index (κ1) is 44.0. The Balaban J connectivity index is 0.772. The van der Waals surface area contributed by atoms with Gasteiger partial charge >= 0.3 is 10.2 Å². The first-order valence-electron chi connectivity index (χ1n) is 20.2. The standard InChI is InChI=1S/C44H41F3N6O10S/c1-25-2-11-37(42(55)50-25)53-43(56)31-8-7-30(21-33(31)44(53)57)63-19-17-61-15-14-60-16-18-62-29-5-3-26(4-6-29)27-20-32-34(23-49-41(32)48-22-27)40(54)38-35(46)9-10-36(39(38)47)51-64(58,59)52-13-12-28(45)24-52/h3-10,20-23,28,37,51H,1-2,11-19,24H2,(H,48,49)(H,50,55)/t28-,37?/m1/s1. The molecule has 64 heavy (non-hydrogen) atoms. The summed E-state index contributed by atoms with van der Waals surface area (Å²) in [6.07, 6.45) is 2.24. The zero-order valence-corrected chi connectivity index (χ0v) is 34.9. The number of alkyl halides is 1. The Morgan fingerprint density at radius 1 is 0.859 bits per heavy atom. The van der Waals surface area contributed by atoms with Gasteiger partial charge in [-0.05, 0) is 73.4 Å². The van der Waals surface area contributed by atoms with Crippen molar-refractivity contribution in [2.24, 2.45) is 0 Å². The number of halogens is 3. The summed E-state index contributed by atoms with van der Waals surface area (Å²) < 4.78 is 95.3. The first-order valence-corrected chi connectivity index (χ1v) is 21.7. The fourth-order valence-corrected chi connectivity index (χ4v) is 8.82. The minimum Gasteiger partial charge on any atom is -0.491 e. The number of nitrogens with zero attached hydrogens (tertiary/aromatic N) is 3. The molecule has 3 amide bonds. The van der Waals surface area contributed by atoms with Gasteiger partial charge in [0, 0.05) is 47.7 Å². The van der Waals surface area contributed by atoms with E-state index in [-0.39, 0.29) is 73.7 Å². The van der Waals surface area contributed by atoms with Crippen LogP contribution in [0.5, 0.6) is 11.5 Å². The maximum atomic E-state index is 15.7. The maximum absolute atomic E-state index is 15.7. The van der Waals surface area contributed by atoms with Crippen LogP contribution < -0.4 is 19.5 Å². The fraction of sp³-hybridized carbons (Fsp3) is 0.295. The molecule has 3 N–H and O–H groups in total. The molecule has 3 aliphatic heterocycles. The quantitative estimate of drug-likeness (QED) is 0.0585. The van der Waals surface area contributed by atoms with Crippen molar-refractivity contribution in [1.82, 2.24) is 24.5 Å². The lowest BCUT2D eigenvalue weighted by molar-refractivity contribution is -0.125. The number of anilines is 1. The Morgan fingerprint density at radius 3 is 2.25 bits per heavy atom. The number of ketones is 1. The van der Waals surface area contributed by atoms with E-state index >= 15 is 8.78 Å². The summed E-state index contributed by atoms with van der Waals surface area (Å²) in [5.41, 5.74) is 0.786. The second kappa shape index (κ2) is 18.6. The zero-order valence-electron chi connectivity index (χ0n) is 34.0. The SMILES string of the molecule is C=C1CCC(N2C(=O)c3ccc(OCCOCCOCCOc4ccc(-c5cnc6[nH]cc(C(=O)c7c(F)ccc(NS(=O)(=O)N8CC[C@@H](F)C8)c7F)c6c5)cc4)cc3C2=O)C(=O)N1. The molecule has 20 heteroatoms. The second-order valence-corrected chi connectivity index (χ2v) is 16.7. The van der Waals surface area contributed by atoms with Gasteiger partial charge in [-0.25, -0.2) is 18.2 Å². The summed E-state index contributed by atoms with van der Waals surface area (Å²) in [6, 6.07) is 14.0. The third-order valence-electron chi connectivity index (χ3n) is 10.8. The molecule has 0 bridgehead atoms. The van der Waals surface area contributed by atoms with E-state index in [0.29, 0.717) is 47.8 Å². The summed E-state index contributed by atoms with van der Waals surface area (Å²) in [4.78, 5) is 60.3. The lowest BCUT2D eigenvalue weighted by Gasteiger charge is -2.29. The number of H-pyrrole nitrogens is 1. The number of pyridine rings is 1. The molecule has 0 spiro atoms. The van der Waals surface area contributed by atoms with Crippen molar-refractivity contribution >= 4 is 50.4 Å². The van der Waals surface area contributed by atoms with Crippen LogP contribution in [0.15, 0.2) is 85.3 Å². The van der Waals surface area contributed by atoms with Crippen LogP contribution in [-0.4, -0.2) is 116 Å². The number of aromatic amines is 1. The number of benzene rings is 3. The second-order valence-electron chi connectivity index (χ2n) is 15.1. The molecule has 3 aliphatic rings. The number of fused-ring (bicyclic) bond motifs is 2.